The van der Waals surface area contributed by atoms with E-state index in [0.29, 0.717) is 13.2 Å². The van der Waals surface area contributed by atoms with Gasteiger partial charge in [0.1, 0.15) is 0 Å². The molecule has 0 N–H and O–H groups in total. The van der Waals surface area contributed by atoms with E-state index in [-0.39, 0.29) is 18.9 Å². The van der Waals surface area contributed by atoms with Gasteiger partial charge in [-0.1, -0.05) is 31.5 Å². The molecule has 116 valence electrons. The maximum atomic E-state index is 5.21. The van der Waals surface area contributed by atoms with Crippen molar-refractivity contribution in [3.05, 3.63) is 29.8 Å². The lowest BCUT2D eigenvalue weighted by molar-refractivity contribution is -0.216. The fourth-order valence-electron chi connectivity index (χ4n) is 1.48. The molecule has 0 amide bonds. The van der Waals surface area contributed by atoms with Crippen LogP contribution in [0, 0.1) is 12.3 Å². The normalized spacial score (nSPS) is 11.1. The fourth-order valence-corrected chi connectivity index (χ4v) is 1.87. The molecular formula is C14H25NO3S2. The molecule has 0 radical (unpaired) electrons. The topological polar surface area (TPSA) is 30.9 Å². The molecule has 0 bridgehead atoms. The highest BCUT2D eigenvalue weighted by Gasteiger charge is 2.18. The zero-order chi connectivity index (χ0) is 14.3. The molecule has 0 aliphatic heterocycles. The van der Waals surface area contributed by atoms with E-state index < -0.39 is 0 Å². The van der Waals surface area contributed by atoms with E-state index in [1.807, 2.05) is 23.5 Å². The molecule has 0 atom stereocenters. The van der Waals surface area contributed by atoms with Crippen LogP contribution in [0.3, 0.4) is 0 Å². The van der Waals surface area contributed by atoms with Gasteiger partial charge in [-0.2, -0.15) is 13.5 Å². The minimum Gasteiger partial charge on any atom is -0.384 e. The largest absolute Gasteiger partial charge is 0.384 e. The van der Waals surface area contributed by atoms with Crippen LogP contribution in [0.4, 0.5) is 5.69 Å². The van der Waals surface area contributed by atoms with Crippen LogP contribution in [0.25, 0.3) is 0 Å². The first-order valence-corrected chi connectivity index (χ1v) is 6.90. The van der Waals surface area contributed by atoms with E-state index >= 15 is 0 Å². The minimum absolute atomic E-state index is 0. The molecule has 1 aromatic rings. The van der Waals surface area contributed by atoms with Crippen molar-refractivity contribution in [2.75, 3.05) is 31.7 Å². The van der Waals surface area contributed by atoms with Gasteiger partial charge in [-0.05, 0) is 19.1 Å². The van der Waals surface area contributed by atoms with Crippen molar-refractivity contribution in [1.82, 2.24) is 0 Å². The molecule has 6 heteroatoms. The average Bonchev–Trinajstić information content (AvgIpc) is 2.35. The third kappa shape index (κ3) is 7.40. The van der Waals surface area contributed by atoms with Crippen molar-refractivity contribution in [1.29, 1.82) is 0 Å². The molecule has 0 aliphatic carbocycles. The van der Waals surface area contributed by atoms with Gasteiger partial charge in [-0.25, -0.2) is 4.89 Å². The smallest absolute Gasteiger partial charge is 0.151 e. The first kappa shape index (κ1) is 19.6. The van der Waals surface area contributed by atoms with Crippen LogP contribution in [0.5, 0.6) is 0 Å². The minimum atomic E-state index is -0.0578. The van der Waals surface area contributed by atoms with E-state index in [2.05, 4.69) is 32.9 Å². The number of benzene rings is 1. The third-order valence-corrected chi connectivity index (χ3v) is 3.16. The first-order chi connectivity index (χ1) is 8.94. The molecule has 0 spiro atoms. The van der Waals surface area contributed by atoms with Crippen molar-refractivity contribution in [2.24, 2.45) is 5.41 Å². The molecule has 0 aliphatic rings. The van der Waals surface area contributed by atoms with Gasteiger partial charge in [0.15, 0.2) is 12.2 Å². The van der Waals surface area contributed by atoms with E-state index in [9.17, 15) is 0 Å². The van der Waals surface area contributed by atoms with Crippen LogP contribution in [0.15, 0.2) is 24.3 Å². The van der Waals surface area contributed by atoms with E-state index in [1.165, 1.54) is 5.56 Å². The number of nitrogens with zero attached hydrogens (tertiary/aromatic N) is 1. The Bertz CT molecular complexity index is 371. The van der Waals surface area contributed by atoms with Crippen molar-refractivity contribution >= 4 is 31.4 Å². The number of anilines is 1. The Kier molecular flexibility index (Phi) is 9.33. The summed E-state index contributed by atoms with van der Waals surface area (Å²) < 4.78 is 12.2. The SMILES string of the molecule is COCC(C)(C)COOSN(C)c1ccc(C)cc1.S. The molecule has 0 aromatic heterocycles. The molecule has 0 saturated carbocycles. The van der Waals surface area contributed by atoms with Crippen LogP contribution >= 0.6 is 25.7 Å². The lowest BCUT2D eigenvalue weighted by Crippen LogP contribution is -2.24. The second-order valence-corrected chi connectivity index (χ2v) is 6.17. The van der Waals surface area contributed by atoms with Crippen molar-refractivity contribution < 1.29 is 14.0 Å². The maximum absolute atomic E-state index is 5.21. The predicted molar refractivity (Wildman–Crippen MR) is 90.2 cm³/mol. The third-order valence-electron chi connectivity index (χ3n) is 2.57. The molecule has 20 heavy (non-hydrogen) atoms. The highest BCUT2D eigenvalue weighted by molar-refractivity contribution is 7.95. The van der Waals surface area contributed by atoms with Crippen molar-refractivity contribution in [3.8, 4) is 0 Å². The summed E-state index contributed by atoms with van der Waals surface area (Å²) in [6.07, 6.45) is 0. The Labute approximate surface area is 133 Å². The van der Waals surface area contributed by atoms with Crippen LogP contribution in [-0.2, 0) is 14.0 Å². The lowest BCUT2D eigenvalue weighted by Gasteiger charge is -2.22. The van der Waals surface area contributed by atoms with Gasteiger partial charge in [0.2, 0.25) is 0 Å². The van der Waals surface area contributed by atoms with E-state index in [1.54, 1.807) is 7.11 Å². The summed E-state index contributed by atoms with van der Waals surface area (Å²) in [6.45, 7) is 7.31. The standard InChI is InChI=1S/C14H23NO3S.H2S/c1-12-6-8-13(9-7-12)15(4)19-18-17-11-14(2,3)10-16-5;/h6-9H,10-11H2,1-5H3;1H2. The number of rotatable bonds is 8. The fraction of sp³-hybridized carbons (Fsp3) is 0.571. The van der Waals surface area contributed by atoms with E-state index in [0.717, 1.165) is 17.9 Å². The molecule has 0 heterocycles. The highest BCUT2D eigenvalue weighted by Crippen LogP contribution is 2.23. The average molecular weight is 319 g/mol. The Balaban J connectivity index is 0.00000361. The number of ether oxygens (including phenoxy) is 1. The number of hydrogen-bond acceptors (Lipinski definition) is 5. The van der Waals surface area contributed by atoms with Gasteiger partial charge in [0.05, 0.1) is 13.2 Å². The molecule has 0 fully saturated rings. The van der Waals surface area contributed by atoms with Crippen molar-refractivity contribution in [3.63, 3.8) is 0 Å². The summed E-state index contributed by atoms with van der Waals surface area (Å²) in [5.74, 6) is 0. The second-order valence-electron chi connectivity index (χ2n) is 5.34. The monoisotopic (exact) mass is 319 g/mol. The lowest BCUT2D eigenvalue weighted by atomic mass is 9.97. The summed E-state index contributed by atoms with van der Waals surface area (Å²) >= 11 is 1.16. The molecule has 1 rings (SSSR count). The molecule has 1 aromatic carbocycles. The zero-order valence-corrected chi connectivity index (χ0v) is 14.6. The predicted octanol–water partition coefficient (Wildman–Crippen LogP) is 3.73. The Morgan fingerprint density at radius 2 is 1.75 bits per heavy atom. The molecule has 0 saturated heterocycles. The summed E-state index contributed by atoms with van der Waals surface area (Å²) in [5, 5.41) is 0. The summed E-state index contributed by atoms with van der Waals surface area (Å²) in [6, 6.07) is 8.21. The summed E-state index contributed by atoms with van der Waals surface area (Å²) in [5.41, 5.74) is 2.24. The van der Waals surface area contributed by atoms with Crippen LogP contribution < -0.4 is 4.31 Å². The van der Waals surface area contributed by atoms with Gasteiger partial charge >= 0.3 is 0 Å². The highest BCUT2D eigenvalue weighted by atomic mass is 32.2. The van der Waals surface area contributed by atoms with Crippen LogP contribution in [-0.4, -0.2) is 27.4 Å². The van der Waals surface area contributed by atoms with Crippen LogP contribution in [0.2, 0.25) is 0 Å². The number of aryl methyl sites for hydroxylation is 1. The zero-order valence-electron chi connectivity index (χ0n) is 12.8. The van der Waals surface area contributed by atoms with E-state index in [4.69, 9.17) is 14.0 Å². The van der Waals surface area contributed by atoms with Gasteiger partial charge in [0, 0.05) is 25.3 Å². The molecule has 4 nitrogen and oxygen atoms in total. The first-order valence-electron chi connectivity index (χ1n) is 6.20. The van der Waals surface area contributed by atoms with Gasteiger partial charge < -0.3 is 4.74 Å². The number of hydrogen-bond donors (Lipinski definition) is 0. The quantitative estimate of drug-likeness (QED) is 0.240. The summed E-state index contributed by atoms with van der Waals surface area (Å²) in [7, 11) is 3.61. The summed E-state index contributed by atoms with van der Waals surface area (Å²) in [4.78, 5) is 5.21. The maximum Gasteiger partial charge on any atom is 0.151 e. The Morgan fingerprint density at radius 3 is 2.30 bits per heavy atom. The van der Waals surface area contributed by atoms with Gasteiger partial charge in [-0.3, -0.25) is 4.31 Å². The van der Waals surface area contributed by atoms with Crippen LogP contribution in [0.1, 0.15) is 19.4 Å². The van der Waals surface area contributed by atoms with Gasteiger partial charge in [-0.15, -0.1) is 4.33 Å². The number of methoxy groups -OCH3 is 1. The molecule has 0 unspecified atom stereocenters. The Hall–Kier alpha value is -0.400. The van der Waals surface area contributed by atoms with Gasteiger partial charge in [0.25, 0.3) is 0 Å². The van der Waals surface area contributed by atoms with Crippen molar-refractivity contribution in [2.45, 2.75) is 20.8 Å². The Morgan fingerprint density at radius 1 is 1.15 bits per heavy atom. The molecular weight excluding hydrogens is 294 g/mol. The second kappa shape index (κ2) is 9.52.